The van der Waals surface area contributed by atoms with Crippen LogP contribution in [0.15, 0.2) is 36.7 Å². The Morgan fingerprint density at radius 2 is 1.92 bits per heavy atom. The van der Waals surface area contributed by atoms with Crippen LogP contribution in [0.25, 0.3) is 11.3 Å². The van der Waals surface area contributed by atoms with Crippen molar-refractivity contribution in [1.29, 1.82) is 0 Å². The van der Waals surface area contributed by atoms with Gasteiger partial charge in [-0.05, 0) is 38.3 Å². The first-order chi connectivity index (χ1) is 11.7. The van der Waals surface area contributed by atoms with Gasteiger partial charge in [0, 0.05) is 36.3 Å². The van der Waals surface area contributed by atoms with Gasteiger partial charge in [0.25, 0.3) is 5.91 Å². The lowest BCUT2D eigenvalue weighted by molar-refractivity contribution is 0.0939. The summed E-state index contributed by atoms with van der Waals surface area (Å²) < 4.78 is 0. The van der Waals surface area contributed by atoms with Crippen LogP contribution in [-0.4, -0.2) is 35.0 Å². The van der Waals surface area contributed by atoms with Gasteiger partial charge in [-0.1, -0.05) is 19.1 Å². The van der Waals surface area contributed by atoms with Crippen LogP contribution in [0.3, 0.4) is 0 Å². The van der Waals surface area contributed by atoms with Crippen LogP contribution in [0.1, 0.15) is 43.5 Å². The molecule has 1 aliphatic heterocycles. The predicted octanol–water partition coefficient (Wildman–Crippen LogP) is 3.27. The molecule has 1 saturated heterocycles. The summed E-state index contributed by atoms with van der Waals surface area (Å²) in [4.78, 5) is 23.2. The Kier molecular flexibility index (Phi) is 5.08. The Bertz CT molecular complexity index is 693. The number of benzene rings is 1. The van der Waals surface area contributed by atoms with E-state index < -0.39 is 0 Å². The van der Waals surface area contributed by atoms with Gasteiger partial charge in [-0.2, -0.15) is 0 Å². The van der Waals surface area contributed by atoms with Gasteiger partial charge in [-0.3, -0.25) is 4.79 Å². The van der Waals surface area contributed by atoms with E-state index in [9.17, 15) is 4.79 Å². The molecule has 0 saturated carbocycles. The van der Waals surface area contributed by atoms with Gasteiger partial charge >= 0.3 is 0 Å². The van der Waals surface area contributed by atoms with Crippen molar-refractivity contribution in [2.24, 2.45) is 0 Å². The van der Waals surface area contributed by atoms with Gasteiger partial charge < -0.3 is 10.2 Å². The molecule has 1 aliphatic rings. The second-order valence-corrected chi connectivity index (χ2v) is 6.32. The fourth-order valence-corrected chi connectivity index (χ4v) is 2.83. The van der Waals surface area contributed by atoms with Gasteiger partial charge in [-0.15, -0.1) is 0 Å². The van der Waals surface area contributed by atoms with Crippen LogP contribution in [0.4, 0.5) is 5.82 Å². The summed E-state index contributed by atoms with van der Waals surface area (Å²) in [7, 11) is 0. The third-order valence-corrected chi connectivity index (χ3v) is 4.52. The zero-order valence-electron chi connectivity index (χ0n) is 14.3. The molecule has 24 heavy (non-hydrogen) atoms. The lowest BCUT2D eigenvalue weighted by Gasteiger charge is -2.16. The monoisotopic (exact) mass is 324 g/mol. The number of rotatable bonds is 5. The molecule has 2 heterocycles. The highest BCUT2D eigenvalue weighted by Gasteiger charge is 2.15. The van der Waals surface area contributed by atoms with E-state index in [1.54, 1.807) is 6.33 Å². The number of carbonyl (C=O) groups excluding carboxylic acids is 1. The molecule has 1 aromatic carbocycles. The summed E-state index contributed by atoms with van der Waals surface area (Å²) in [5, 5.41) is 2.98. The molecule has 3 rings (SSSR count). The third kappa shape index (κ3) is 3.72. The fourth-order valence-electron chi connectivity index (χ4n) is 2.83. The van der Waals surface area contributed by atoms with E-state index in [0.29, 0.717) is 5.56 Å². The molecule has 2 aromatic rings. The van der Waals surface area contributed by atoms with Gasteiger partial charge in [0.15, 0.2) is 0 Å². The summed E-state index contributed by atoms with van der Waals surface area (Å²) in [6, 6.07) is 9.81. The first-order valence-corrected chi connectivity index (χ1v) is 8.65. The lowest BCUT2D eigenvalue weighted by atomic mass is 10.1. The molecule has 1 aromatic heterocycles. The van der Waals surface area contributed by atoms with Crippen LogP contribution in [0, 0.1) is 0 Å². The van der Waals surface area contributed by atoms with E-state index in [4.69, 9.17) is 0 Å². The molecule has 0 unspecified atom stereocenters. The molecular weight excluding hydrogens is 300 g/mol. The maximum Gasteiger partial charge on any atom is 0.251 e. The van der Waals surface area contributed by atoms with E-state index in [1.165, 1.54) is 12.8 Å². The number of carbonyl (C=O) groups is 1. The highest BCUT2D eigenvalue weighted by Crippen LogP contribution is 2.23. The van der Waals surface area contributed by atoms with Crippen molar-refractivity contribution in [3.63, 3.8) is 0 Å². The largest absolute Gasteiger partial charge is 0.357 e. The fraction of sp³-hybridized carbons (Fsp3) is 0.421. The summed E-state index contributed by atoms with van der Waals surface area (Å²) in [5.74, 6) is 0.951. The molecule has 0 aliphatic carbocycles. The van der Waals surface area contributed by atoms with E-state index in [1.807, 2.05) is 37.3 Å². The number of aromatic nitrogens is 2. The number of anilines is 1. The van der Waals surface area contributed by atoms with E-state index in [0.717, 1.165) is 36.6 Å². The molecule has 0 spiro atoms. The van der Waals surface area contributed by atoms with Crippen LogP contribution in [0.5, 0.6) is 0 Å². The third-order valence-electron chi connectivity index (χ3n) is 4.52. The Labute approximate surface area is 143 Å². The van der Waals surface area contributed by atoms with Gasteiger partial charge in [0.1, 0.15) is 12.1 Å². The van der Waals surface area contributed by atoms with E-state index >= 15 is 0 Å². The minimum absolute atomic E-state index is 0.0312. The van der Waals surface area contributed by atoms with Crippen molar-refractivity contribution in [2.75, 3.05) is 18.0 Å². The highest BCUT2D eigenvalue weighted by molar-refractivity contribution is 5.94. The maximum atomic E-state index is 12.1. The predicted molar refractivity (Wildman–Crippen MR) is 96.1 cm³/mol. The van der Waals surface area contributed by atoms with Gasteiger partial charge in [-0.25, -0.2) is 9.97 Å². The van der Waals surface area contributed by atoms with Crippen molar-refractivity contribution in [3.8, 4) is 11.3 Å². The number of nitrogens with zero attached hydrogens (tertiary/aromatic N) is 3. The lowest BCUT2D eigenvalue weighted by Crippen LogP contribution is -2.31. The second-order valence-electron chi connectivity index (χ2n) is 6.32. The minimum atomic E-state index is -0.0312. The van der Waals surface area contributed by atoms with Gasteiger partial charge in [0.2, 0.25) is 0 Å². The number of hydrogen-bond acceptors (Lipinski definition) is 4. The molecule has 5 nitrogen and oxygen atoms in total. The molecule has 5 heteroatoms. The molecule has 1 N–H and O–H groups in total. The zero-order chi connectivity index (χ0) is 16.9. The summed E-state index contributed by atoms with van der Waals surface area (Å²) >= 11 is 0. The second kappa shape index (κ2) is 7.43. The Morgan fingerprint density at radius 3 is 2.58 bits per heavy atom. The molecule has 1 amide bonds. The Hall–Kier alpha value is -2.43. The quantitative estimate of drug-likeness (QED) is 0.917. The SMILES string of the molecule is CC[C@@H](C)NC(=O)c1ccc(-c2cc(N3CCCC3)ncn2)cc1. The van der Waals surface area contributed by atoms with Crippen LogP contribution >= 0.6 is 0 Å². The van der Waals surface area contributed by atoms with Crippen LogP contribution in [0.2, 0.25) is 0 Å². The molecule has 1 fully saturated rings. The summed E-state index contributed by atoms with van der Waals surface area (Å²) in [5.41, 5.74) is 2.56. The molecule has 126 valence electrons. The zero-order valence-corrected chi connectivity index (χ0v) is 14.3. The van der Waals surface area contributed by atoms with Crippen molar-refractivity contribution in [2.45, 2.75) is 39.2 Å². The van der Waals surface area contributed by atoms with Crippen molar-refractivity contribution < 1.29 is 4.79 Å². The average molecular weight is 324 g/mol. The first kappa shape index (κ1) is 16.4. The molecule has 1 atom stereocenters. The van der Waals surface area contributed by atoms with Gasteiger partial charge in [0.05, 0.1) is 5.69 Å². The Morgan fingerprint density at radius 1 is 1.21 bits per heavy atom. The molecule has 0 radical (unpaired) electrons. The van der Waals surface area contributed by atoms with Crippen LogP contribution in [-0.2, 0) is 0 Å². The standard InChI is InChI=1S/C19H24N4O/c1-3-14(2)22-19(24)16-8-6-15(7-9-16)17-12-18(21-13-20-17)23-10-4-5-11-23/h6-9,12-14H,3-5,10-11H2,1-2H3,(H,22,24)/t14-/m1/s1. The minimum Gasteiger partial charge on any atom is -0.357 e. The van der Waals surface area contributed by atoms with Crippen molar-refractivity contribution in [3.05, 3.63) is 42.2 Å². The van der Waals surface area contributed by atoms with Crippen molar-refractivity contribution >= 4 is 11.7 Å². The topological polar surface area (TPSA) is 58.1 Å². The number of hydrogen-bond donors (Lipinski definition) is 1. The number of amides is 1. The maximum absolute atomic E-state index is 12.1. The normalized spacial score (nSPS) is 15.3. The van der Waals surface area contributed by atoms with Crippen LogP contribution < -0.4 is 10.2 Å². The van der Waals surface area contributed by atoms with Crippen molar-refractivity contribution in [1.82, 2.24) is 15.3 Å². The highest BCUT2D eigenvalue weighted by atomic mass is 16.1. The molecular formula is C19H24N4O. The molecule has 0 bridgehead atoms. The number of nitrogens with one attached hydrogen (secondary N) is 1. The summed E-state index contributed by atoms with van der Waals surface area (Å²) in [6.07, 6.45) is 4.98. The van der Waals surface area contributed by atoms with E-state index in [2.05, 4.69) is 27.1 Å². The Balaban J connectivity index is 1.76. The first-order valence-electron chi connectivity index (χ1n) is 8.65. The summed E-state index contributed by atoms with van der Waals surface area (Å²) in [6.45, 7) is 6.19. The average Bonchev–Trinajstić information content (AvgIpc) is 3.16. The van der Waals surface area contributed by atoms with E-state index in [-0.39, 0.29) is 11.9 Å². The smallest absolute Gasteiger partial charge is 0.251 e.